The fraction of sp³-hybridized carbons (Fsp3) is 0.333. The molecule has 4 rings (SSSR count). The smallest absolute Gasteiger partial charge is 0.273 e. The van der Waals surface area contributed by atoms with Gasteiger partial charge in [-0.15, -0.1) is 0 Å². The molecule has 0 aliphatic carbocycles. The molecular weight excluding hydrogens is 252 g/mol. The average Bonchev–Trinajstić information content (AvgIpc) is 3.04. The number of rotatable bonds is 1. The highest BCUT2D eigenvalue weighted by molar-refractivity contribution is 5.94. The molecule has 3 heterocycles. The molecule has 1 fully saturated rings. The van der Waals surface area contributed by atoms with Gasteiger partial charge < -0.3 is 4.90 Å². The van der Waals surface area contributed by atoms with Gasteiger partial charge in [0.1, 0.15) is 11.4 Å². The van der Waals surface area contributed by atoms with Crippen molar-refractivity contribution >= 4 is 5.91 Å². The molecule has 1 aromatic carbocycles. The molecular formula is C15H16N4O. The van der Waals surface area contributed by atoms with E-state index >= 15 is 0 Å². The van der Waals surface area contributed by atoms with Crippen LogP contribution >= 0.6 is 0 Å². The van der Waals surface area contributed by atoms with Crippen molar-refractivity contribution in [1.82, 2.24) is 20.0 Å². The summed E-state index contributed by atoms with van der Waals surface area (Å²) >= 11 is 0. The van der Waals surface area contributed by atoms with Gasteiger partial charge in [0, 0.05) is 13.1 Å². The van der Waals surface area contributed by atoms with Crippen LogP contribution in [-0.4, -0.2) is 33.7 Å². The summed E-state index contributed by atoms with van der Waals surface area (Å²) < 4.78 is 1.83. The van der Waals surface area contributed by atoms with E-state index in [9.17, 15) is 4.79 Å². The first kappa shape index (κ1) is 11.7. The molecule has 1 unspecified atom stereocenters. The lowest BCUT2D eigenvalue weighted by Gasteiger charge is -2.42. The minimum Gasteiger partial charge on any atom is -0.312 e. The average molecular weight is 268 g/mol. The highest BCUT2D eigenvalue weighted by atomic mass is 16.2. The van der Waals surface area contributed by atoms with Crippen molar-refractivity contribution in [3.63, 3.8) is 0 Å². The van der Waals surface area contributed by atoms with Crippen LogP contribution in [0.5, 0.6) is 0 Å². The molecule has 0 radical (unpaired) electrons. The molecule has 20 heavy (non-hydrogen) atoms. The Labute approximate surface area is 117 Å². The summed E-state index contributed by atoms with van der Waals surface area (Å²) in [6.07, 6.45) is 0. The zero-order valence-corrected chi connectivity index (χ0v) is 11.3. The molecule has 0 spiro atoms. The second-order valence-corrected chi connectivity index (χ2v) is 5.44. The van der Waals surface area contributed by atoms with E-state index in [-0.39, 0.29) is 5.91 Å². The number of aryl methyl sites for hydroxylation is 1. The van der Waals surface area contributed by atoms with Crippen LogP contribution in [0, 0.1) is 6.92 Å². The van der Waals surface area contributed by atoms with E-state index in [0.717, 1.165) is 24.3 Å². The van der Waals surface area contributed by atoms with Crippen LogP contribution in [0.3, 0.4) is 0 Å². The fourth-order valence-electron chi connectivity index (χ4n) is 3.33. The van der Waals surface area contributed by atoms with Crippen molar-refractivity contribution in [3.8, 4) is 0 Å². The van der Waals surface area contributed by atoms with Gasteiger partial charge in [-0.25, -0.2) is 0 Å². The number of nitrogens with zero attached hydrogens (tertiary/aromatic N) is 3. The molecule has 1 aromatic heterocycles. The maximum absolute atomic E-state index is 12.7. The van der Waals surface area contributed by atoms with E-state index in [1.807, 2.05) is 40.8 Å². The second kappa shape index (κ2) is 3.93. The summed E-state index contributed by atoms with van der Waals surface area (Å²) in [7, 11) is 0. The molecule has 2 aromatic rings. The number of amides is 1. The molecule has 102 valence electrons. The van der Waals surface area contributed by atoms with Gasteiger partial charge in [0.15, 0.2) is 0 Å². The van der Waals surface area contributed by atoms with Crippen LogP contribution in [0.2, 0.25) is 0 Å². The van der Waals surface area contributed by atoms with Crippen molar-refractivity contribution in [2.75, 3.05) is 13.1 Å². The van der Waals surface area contributed by atoms with Gasteiger partial charge in [-0.2, -0.15) is 5.10 Å². The first-order valence-corrected chi connectivity index (χ1v) is 6.88. The van der Waals surface area contributed by atoms with E-state index in [2.05, 4.69) is 22.5 Å². The Bertz CT molecular complexity index is 678. The maximum Gasteiger partial charge on any atom is 0.273 e. The van der Waals surface area contributed by atoms with Gasteiger partial charge in [-0.1, -0.05) is 30.3 Å². The number of hydrogen-bond acceptors (Lipinski definition) is 3. The predicted molar refractivity (Wildman–Crippen MR) is 74.1 cm³/mol. The number of fused-ring (bicyclic) bond motifs is 2. The number of carbonyl (C=O) groups is 1. The molecule has 2 aliphatic heterocycles. The first-order valence-electron chi connectivity index (χ1n) is 6.88. The van der Waals surface area contributed by atoms with Crippen LogP contribution in [0.25, 0.3) is 0 Å². The zero-order valence-electron chi connectivity index (χ0n) is 11.3. The Morgan fingerprint density at radius 1 is 1.30 bits per heavy atom. The number of carbonyl (C=O) groups excluding carboxylic acids is 1. The Morgan fingerprint density at radius 2 is 2.10 bits per heavy atom. The quantitative estimate of drug-likeness (QED) is 0.842. The first-order chi connectivity index (χ1) is 9.71. The molecule has 0 saturated carbocycles. The topological polar surface area (TPSA) is 50.2 Å². The van der Waals surface area contributed by atoms with E-state index < -0.39 is 5.66 Å². The normalized spacial score (nSPS) is 24.6. The Hall–Kier alpha value is -2.14. The van der Waals surface area contributed by atoms with Gasteiger partial charge in [-0.3, -0.25) is 14.8 Å². The summed E-state index contributed by atoms with van der Waals surface area (Å²) in [5, 5.41) is 7.97. The van der Waals surface area contributed by atoms with Crippen LogP contribution in [0.15, 0.2) is 36.4 Å². The molecule has 1 N–H and O–H groups in total. The Kier molecular flexibility index (Phi) is 2.29. The van der Waals surface area contributed by atoms with Crippen LogP contribution in [0.1, 0.15) is 21.7 Å². The summed E-state index contributed by atoms with van der Waals surface area (Å²) in [6, 6.07) is 12.0. The Morgan fingerprint density at radius 3 is 2.90 bits per heavy atom. The van der Waals surface area contributed by atoms with Crippen molar-refractivity contribution in [2.24, 2.45) is 0 Å². The molecule has 1 saturated heterocycles. The molecule has 2 aliphatic rings. The van der Waals surface area contributed by atoms with Crippen LogP contribution < -0.4 is 5.32 Å². The van der Waals surface area contributed by atoms with Crippen molar-refractivity contribution in [3.05, 3.63) is 53.3 Å². The summed E-state index contributed by atoms with van der Waals surface area (Å²) in [4.78, 5) is 14.7. The third-order valence-corrected chi connectivity index (χ3v) is 4.21. The highest BCUT2D eigenvalue weighted by Gasteiger charge is 2.49. The van der Waals surface area contributed by atoms with E-state index in [4.69, 9.17) is 0 Å². The maximum atomic E-state index is 12.7. The molecule has 1 atom stereocenters. The van der Waals surface area contributed by atoms with E-state index in [0.29, 0.717) is 12.2 Å². The Balaban J connectivity index is 1.89. The lowest BCUT2D eigenvalue weighted by Crippen LogP contribution is -2.57. The lowest BCUT2D eigenvalue weighted by atomic mass is 9.96. The molecule has 5 nitrogen and oxygen atoms in total. The second-order valence-electron chi connectivity index (χ2n) is 5.44. The fourth-order valence-corrected chi connectivity index (χ4v) is 3.33. The molecule has 0 bridgehead atoms. The zero-order chi connectivity index (χ0) is 13.7. The van der Waals surface area contributed by atoms with E-state index in [1.165, 1.54) is 0 Å². The van der Waals surface area contributed by atoms with Crippen LogP contribution in [0.4, 0.5) is 0 Å². The van der Waals surface area contributed by atoms with Crippen LogP contribution in [-0.2, 0) is 12.2 Å². The van der Waals surface area contributed by atoms with Gasteiger partial charge in [0.2, 0.25) is 0 Å². The SMILES string of the molecule is Cc1cc2n(n1)CC1(c3ccccc3)NCCN1C2=O. The molecule has 1 amide bonds. The standard InChI is InChI=1S/C15H16N4O/c1-11-9-13-14(20)18-8-7-16-15(18,10-19(13)17-11)12-5-3-2-4-6-12/h2-6,9,16H,7-8,10H2,1H3. The number of nitrogens with one attached hydrogen (secondary N) is 1. The number of benzene rings is 1. The summed E-state index contributed by atoms with van der Waals surface area (Å²) in [5.41, 5.74) is 2.24. The molecule has 5 heteroatoms. The van der Waals surface area contributed by atoms with Gasteiger partial charge in [0.25, 0.3) is 5.91 Å². The monoisotopic (exact) mass is 268 g/mol. The van der Waals surface area contributed by atoms with E-state index in [1.54, 1.807) is 0 Å². The third-order valence-electron chi connectivity index (χ3n) is 4.21. The lowest BCUT2D eigenvalue weighted by molar-refractivity contribution is 0.0376. The van der Waals surface area contributed by atoms with Gasteiger partial charge in [-0.05, 0) is 18.6 Å². The van der Waals surface area contributed by atoms with Crippen molar-refractivity contribution in [2.45, 2.75) is 19.1 Å². The van der Waals surface area contributed by atoms with Crippen molar-refractivity contribution in [1.29, 1.82) is 0 Å². The summed E-state index contributed by atoms with van der Waals surface area (Å²) in [5.74, 6) is 0.0608. The minimum absolute atomic E-state index is 0.0608. The largest absolute Gasteiger partial charge is 0.312 e. The third kappa shape index (κ3) is 1.41. The number of aromatic nitrogens is 2. The van der Waals surface area contributed by atoms with Gasteiger partial charge in [0.05, 0.1) is 12.2 Å². The van der Waals surface area contributed by atoms with Gasteiger partial charge >= 0.3 is 0 Å². The highest BCUT2D eigenvalue weighted by Crippen LogP contribution is 2.36. The minimum atomic E-state index is -0.455. The predicted octanol–water partition coefficient (Wildman–Crippen LogP) is 1.10. The summed E-state index contributed by atoms with van der Waals surface area (Å²) in [6.45, 7) is 4.13. The van der Waals surface area contributed by atoms with Crippen molar-refractivity contribution < 1.29 is 4.79 Å². The number of hydrogen-bond donors (Lipinski definition) is 1.